The molecule has 9 rings (SSSR count). The van der Waals surface area contributed by atoms with Crippen LogP contribution in [0.3, 0.4) is 0 Å². The molecule has 0 amide bonds. The zero-order valence-corrected chi connectivity index (χ0v) is 31.7. The van der Waals surface area contributed by atoms with Gasteiger partial charge in [0.15, 0.2) is 0 Å². The second-order valence-corrected chi connectivity index (χ2v) is 13.0. The number of para-hydroxylation sites is 1. The number of rotatable bonds is 2. The zero-order valence-electron chi connectivity index (χ0n) is 28.5. The third-order valence-corrected chi connectivity index (χ3v) is 10.1. The van der Waals surface area contributed by atoms with Crippen LogP contribution in [-0.2, 0) is 10.8 Å². The normalized spacial score (nSPS) is 13.5. The van der Waals surface area contributed by atoms with Crippen LogP contribution >= 0.6 is 0 Å². The van der Waals surface area contributed by atoms with Crippen LogP contribution in [0.2, 0.25) is 0 Å². The van der Waals surface area contributed by atoms with E-state index in [1.807, 2.05) is 42.5 Å². The second kappa shape index (κ2) is 14.4. The number of nitrogens with zero attached hydrogens (tertiary/aromatic N) is 1. The predicted molar refractivity (Wildman–Crippen MR) is 199 cm³/mol. The fraction of sp³-hybridized carbons (Fsp3) is 0.111. The van der Waals surface area contributed by atoms with Crippen LogP contribution in [0.25, 0.3) is 27.2 Å². The summed E-state index contributed by atoms with van der Waals surface area (Å²) >= 11 is 0. The second-order valence-electron chi connectivity index (χ2n) is 13.0. The van der Waals surface area contributed by atoms with E-state index in [9.17, 15) is 0 Å². The van der Waals surface area contributed by atoms with Crippen LogP contribution in [0.5, 0.6) is 0 Å². The molecule has 0 atom stereocenters. The van der Waals surface area contributed by atoms with Gasteiger partial charge in [-0.2, -0.15) is 0 Å². The van der Waals surface area contributed by atoms with Crippen molar-refractivity contribution >= 4 is 22.1 Å². The van der Waals surface area contributed by atoms with Crippen molar-refractivity contribution in [1.82, 2.24) is 0 Å². The smallest absolute Gasteiger partial charge is 0.657 e. The molecule has 49 heavy (non-hydrogen) atoms. The fourth-order valence-corrected chi connectivity index (χ4v) is 8.04. The number of hydrogen-bond acceptors (Lipinski definition) is 2. The van der Waals surface area contributed by atoms with Crippen molar-refractivity contribution in [2.24, 2.45) is 0 Å². The molecule has 0 aromatic heterocycles. The molecule has 3 nitrogen and oxygen atoms in total. The number of nitrogens with one attached hydrogen (secondary N) is 2. The SMILES string of the molecule is Cc1cccc2c1-c1ccccc1C21c2ccccc2C(C)(C)c2ccccc21.N=N.[K+].c1ccc([N-]c2cccc3ccccc23)cc1. The quantitative estimate of drug-likeness (QED) is 0.137. The van der Waals surface area contributed by atoms with Crippen molar-refractivity contribution in [2.75, 3.05) is 0 Å². The van der Waals surface area contributed by atoms with E-state index in [-0.39, 0.29) is 62.2 Å². The van der Waals surface area contributed by atoms with Gasteiger partial charge in [0, 0.05) is 5.41 Å². The maximum absolute atomic E-state index is 5.00. The molecular weight excluding hydrogens is 622 g/mol. The molecule has 7 aromatic rings. The van der Waals surface area contributed by atoms with Gasteiger partial charge in [-0.3, -0.25) is 0 Å². The molecule has 2 aliphatic carbocycles. The van der Waals surface area contributed by atoms with E-state index in [4.69, 9.17) is 11.1 Å². The summed E-state index contributed by atoms with van der Waals surface area (Å²) in [5.41, 5.74) is 24.4. The first kappa shape index (κ1) is 34.7. The van der Waals surface area contributed by atoms with Crippen LogP contribution < -0.4 is 51.4 Å². The minimum Gasteiger partial charge on any atom is -0.657 e. The average molecular weight is 660 g/mol. The summed E-state index contributed by atoms with van der Waals surface area (Å²) in [5, 5.41) is 7.09. The molecule has 4 heteroatoms. The van der Waals surface area contributed by atoms with E-state index in [0.29, 0.717) is 0 Å². The van der Waals surface area contributed by atoms with Gasteiger partial charge in [-0.25, -0.2) is 11.1 Å². The number of hydrogen-bond donors (Lipinski definition) is 2. The largest absolute Gasteiger partial charge is 1.00 e. The Morgan fingerprint density at radius 3 is 1.63 bits per heavy atom. The third-order valence-electron chi connectivity index (χ3n) is 10.1. The molecule has 0 aliphatic heterocycles. The minimum absolute atomic E-state index is 0. The van der Waals surface area contributed by atoms with E-state index in [1.54, 1.807) is 0 Å². The summed E-state index contributed by atoms with van der Waals surface area (Å²) < 4.78 is 0. The van der Waals surface area contributed by atoms with Gasteiger partial charge < -0.3 is 5.32 Å². The van der Waals surface area contributed by atoms with Gasteiger partial charge in [0.1, 0.15) is 0 Å². The minimum atomic E-state index is -0.249. The Morgan fingerprint density at radius 2 is 0.959 bits per heavy atom. The van der Waals surface area contributed by atoms with Gasteiger partial charge in [-0.15, -0.1) is 11.4 Å². The molecule has 2 N–H and O–H groups in total. The summed E-state index contributed by atoms with van der Waals surface area (Å²) in [4.78, 5) is 0. The Balaban J connectivity index is 0.000000179. The maximum Gasteiger partial charge on any atom is 1.00 e. The monoisotopic (exact) mass is 659 g/mol. The van der Waals surface area contributed by atoms with Crippen LogP contribution in [0.15, 0.2) is 164 Å². The van der Waals surface area contributed by atoms with Gasteiger partial charge in [0.05, 0.1) is 5.41 Å². The third kappa shape index (κ3) is 5.72. The molecule has 0 heterocycles. The van der Waals surface area contributed by atoms with Crippen LogP contribution in [-0.4, -0.2) is 0 Å². The van der Waals surface area contributed by atoms with Crippen LogP contribution in [0.1, 0.15) is 52.8 Å². The van der Waals surface area contributed by atoms with Crippen LogP contribution in [0.4, 0.5) is 11.4 Å². The molecule has 7 aromatic carbocycles. The topological polar surface area (TPSA) is 61.8 Å². The molecule has 1 spiro atoms. The summed E-state index contributed by atoms with van der Waals surface area (Å²) in [5.74, 6) is 0. The average Bonchev–Trinajstić information content (AvgIpc) is 3.45. The molecule has 0 saturated carbocycles. The molecular formula is C45H38KN3. The Kier molecular flexibility index (Phi) is 10.2. The summed E-state index contributed by atoms with van der Waals surface area (Å²) in [6.07, 6.45) is 0. The van der Waals surface area contributed by atoms with Gasteiger partial charge >= 0.3 is 51.4 Å². The van der Waals surface area contributed by atoms with Crippen molar-refractivity contribution in [3.05, 3.63) is 208 Å². The Bertz CT molecular complexity index is 2200. The number of aryl methyl sites for hydroxylation is 1. The zero-order chi connectivity index (χ0) is 33.3. The molecule has 0 saturated heterocycles. The summed E-state index contributed by atoms with van der Waals surface area (Å²) in [7, 11) is 0. The number of fused-ring (bicyclic) bond motifs is 10. The van der Waals surface area contributed by atoms with Gasteiger partial charge in [-0.05, 0) is 67.8 Å². The van der Waals surface area contributed by atoms with Crippen molar-refractivity contribution < 1.29 is 51.4 Å². The first-order valence-corrected chi connectivity index (χ1v) is 16.4. The summed E-state index contributed by atoms with van der Waals surface area (Å²) in [6, 6.07) is 58.6. The van der Waals surface area contributed by atoms with Gasteiger partial charge in [-0.1, -0.05) is 178 Å². The van der Waals surface area contributed by atoms with E-state index in [1.165, 1.54) is 60.8 Å². The first-order valence-electron chi connectivity index (χ1n) is 16.4. The summed E-state index contributed by atoms with van der Waals surface area (Å²) in [6.45, 7) is 6.99. The standard InChI is InChI=1S/C29H24.C16H12N.K.H2N2/c1-19-11-10-18-26-27(19)20-12-4-5-13-21(20)29(26)24-16-8-6-14-22(24)28(2,3)23-15-7-9-17-25(23)29;1-2-9-14(10-3-1)17-16-12-6-8-13-7-4-5-11-15(13)16;;1-2/h4-18H,1-3H3;1-12H;;1-2H/q;-1;+1;. The molecule has 0 unspecified atom stereocenters. The van der Waals surface area contributed by atoms with Gasteiger partial charge in [0.25, 0.3) is 0 Å². The van der Waals surface area contributed by atoms with E-state index in [0.717, 1.165) is 11.4 Å². The predicted octanol–water partition coefficient (Wildman–Crippen LogP) is 9.77. The van der Waals surface area contributed by atoms with E-state index >= 15 is 0 Å². The fourth-order valence-electron chi connectivity index (χ4n) is 8.04. The van der Waals surface area contributed by atoms with Crippen molar-refractivity contribution in [3.63, 3.8) is 0 Å². The Hall–Kier alpha value is -4.16. The Labute approximate surface area is 332 Å². The maximum atomic E-state index is 5.00. The van der Waals surface area contributed by atoms with Crippen LogP contribution in [0, 0.1) is 18.0 Å². The number of benzene rings is 7. The molecule has 2 aliphatic rings. The van der Waals surface area contributed by atoms with Crippen molar-refractivity contribution in [2.45, 2.75) is 31.6 Å². The molecule has 0 bridgehead atoms. The Morgan fingerprint density at radius 1 is 0.469 bits per heavy atom. The molecule has 234 valence electrons. The molecule has 0 radical (unpaired) electrons. The van der Waals surface area contributed by atoms with Crippen molar-refractivity contribution in [1.29, 1.82) is 11.1 Å². The van der Waals surface area contributed by atoms with Gasteiger partial charge in [0.2, 0.25) is 0 Å². The molecule has 0 fully saturated rings. The van der Waals surface area contributed by atoms with Crippen molar-refractivity contribution in [3.8, 4) is 11.1 Å². The van der Waals surface area contributed by atoms with E-state index < -0.39 is 0 Å². The first-order chi connectivity index (χ1) is 23.5. The van der Waals surface area contributed by atoms with E-state index in [2.05, 4.69) is 147 Å².